The molecule has 0 unspecified atom stereocenters. The van der Waals surface area contributed by atoms with Crippen molar-refractivity contribution in [3.05, 3.63) is 23.8 Å². The van der Waals surface area contributed by atoms with E-state index >= 15 is 0 Å². The number of rotatable bonds is 5. The van der Waals surface area contributed by atoms with Crippen LogP contribution in [0, 0.1) is 5.92 Å². The fourth-order valence-electron chi connectivity index (χ4n) is 2.62. The van der Waals surface area contributed by atoms with E-state index in [0.717, 1.165) is 24.6 Å². The second-order valence-corrected chi connectivity index (χ2v) is 5.13. The number of benzene rings is 1. The molecular weight excluding hydrogens is 226 g/mol. The van der Waals surface area contributed by atoms with Crippen LogP contribution in [0.4, 0.5) is 0 Å². The Labute approximate surface area is 109 Å². The molecule has 1 fully saturated rings. The lowest BCUT2D eigenvalue weighted by molar-refractivity contribution is 0.341. The Hall–Kier alpha value is -1.22. The van der Waals surface area contributed by atoms with Gasteiger partial charge in [0.1, 0.15) is 11.5 Å². The fraction of sp³-hybridized carbons (Fsp3) is 0.600. The molecule has 100 valence electrons. The van der Waals surface area contributed by atoms with E-state index in [-0.39, 0.29) is 0 Å². The van der Waals surface area contributed by atoms with Crippen molar-refractivity contribution in [2.75, 3.05) is 13.7 Å². The van der Waals surface area contributed by atoms with Crippen molar-refractivity contribution in [2.45, 2.75) is 38.6 Å². The van der Waals surface area contributed by atoms with Gasteiger partial charge in [-0.1, -0.05) is 25.3 Å². The van der Waals surface area contributed by atoms with Gasteiger partial charge in [-0.05, 0) is 31.4 Å². The van der Waals surface area contributed by atoms with Crippen LogP contribution in [0.15, 0.2) is 18.2 Å². The summed E-state index contributed by atoms with van der Waals surface area (Å²) in [6, 6.07) is 5.47. The average Bonchev–Trinajstić information content (AvgIpc) is 2.42. The number of phenols is 1. The highest BCUT2D eigenvalue weighted by Crippen LogP contribution is 2.25. The summed E-state index contributed by atoms with van der Waals surface area (Å²) in [4.78, 5) is 0. The third kappa shape index (κ3) is 3.64. The first-order chi connectivity index (χ1) is 8.79. The lowest BCUT2D eigenvalue weighted by Gasteiger charge is -2.21. The molecular formula is C15H23NO2. The Morgan fingerprint density at radius 3 is 2.72 bits per heavy atom. The number of aromatic hydroxyl groups is 1. The average molecular weight is 249 g/mol. The Kier molecular flexibility index (Phi) is 4.88. The molecule has 2 rings (SSSR count). The molecule has 18 heavy (non-hydrogen) atoms. The van der Waals surface area contributed by atoms with Crippen LogP contribution in [0.5, 0.6) is 11.5 Å². The molecule has 0 saturated heterocycles. The molecule has 1 aliphatic carbocycles. The molecule has 0 amide bonds. The zero-order chi connectivity index (χ0) is 12.8. The summed E-state index contributed by atoms with van der Waals surface area (Å²) in [5.41, 5.74) is 0.937. The van der Waals surface area contributed by atoms with Crippen LogP contribution in [0.25, 0.3) is 0 Å². The quantitative estimate of drug-likeness (QED) is 0.842. The maximum absolute atomic E-state index is 9.84. The minimum Gasteiger partial charge on any atom is -0.507 e. The SMILES string of the molecule is COc1ccc(CNCC2CCCCC2)c(O)c1. The van der Waals surface area contributed by atoms with E-state index < -0.39 is 0 Å². The first-order valence-electron chi connectivity index (χ1n) is 6.86. The minimum atomic E-state index is 0.311. The van der Waals surface area contributed by atoms with Gasteiger partial charge in [0.05, 0.1) is 7.11 Å². The summed E-state index contributed by atoms with van der Waals surface area (Å²) in [6.07, 6.45) is 6.85. The van der Waals surface area contributed by atoms with Crippen molar-refractivity contribution in [1.29, 1.82) is 0 Å². The van der Waals surface area contributed by atoms with E-state index in [1.165, 1.54) is 32.1 Å². The third-order valence-electron chi connectivity index (χ3n) is 3.77. The van der Waals surface area contributed by atoms with Crippen molar-refractivity contribution < 1.29 is 9.84 Å². The van der Waals surface area contributed by atoms with Gasteiger partial charge < -0.3 is 15.2 Å². The number of nitrogens with one attached hydrogen (secondary N) is 1. The molecule has 3 heteroatoms. The van der Waals surface area contributed by atoms with Crippen molar-refractivity contribution in [3.8, 4) is 11.5 Å². The Bertz CT molecular complexity index is 373. The number of ether oxygens (including phenoxy) is 1. The van der Waals surface area contributed by atoms with Crippen LogP contribution in [0.3, 0.4) is 0 Å². The standard InChI is InChI=1S/C15H23NO2/c1-18-14-8-7-13(15(17)9-14)11-16-10-12-5-3-2-4-6-12/h7-9,12,16-17H,2-6,10-11H2,1H3. The van der Waals surface area contributed by atoms with Gasteiger partial charge >= 0.3 is 0 Å². The highest BCUT2D eigenvalue weighted by Gasteiger charge is 2.12. The summed E-state index contributed by atoms with van der Waals surface area (Å²) in [7, 11) is 1.61. The molecule has 2 N–H and O–H groups in total. The molecule has 0 aromatic heterocycles. The second-order valence-electron chi connectivity index (χ2n) is 5.13. The molecule has 0 radical (unpaired) electrons. The van der Waals surface area contributed by atoms with Crippen molar-refractivity contribution >= 4 is 0 Å². The number of hydrogen-bond donors (Lipinski definition) is 2. The zero-order valence-electron chi connectivity index (χ0n) is 11.1. The zero-order valence-corrected chi connectivity index (χ0v) is 11.1. The van der Waals surface area contributed by atoms with Crippen LogP contribution in [0.1, 0.15) is 37.7 Å². The van der Waals surface area contributed by atoms with Crippen molar-refractivity contribution in [1.82, 2.24) is 5.32 Å². The molecule has 1 aromatic rings. The molecule has 0 atom stereocenters. The number of methoxy groups -OCH3 is 1. The summed E-state index contributed by atoms with van der Waals surface area (Å²) >= 11 is 0. The van der Waals surface area contributed by atoms with Gasteiger partial charge in [-0.3, -0.25) is 0 Å². The lowest BCUT2D eigenvalue weighted by Crippen LogP contribution is -2.24. The Morgan fingerprint density at radius 1 is 1.28 bits per heavy atom. The Balaban J connectivity index is 1.79. The van der Waals surface area contributed by atoms with E-state index in [1.54, 1.807) is 13.2 Å². The summed E-state index contributed by atoms with van der Waals surface area (Å²) in [5, 5.41) is 13.3. The third-order valence-corrected chi connectivity index (χ3v) is 3.77. The molecule has 1 saturated carbocycles. The van der Waals surface area contributed by atoms with Crippen LogP contribution in [-0.2, 0) is 6.54 Å². The van der Waals surface area contributed by atoms with Gasteiger partial charge in [-0.15, -0.1) is 0 Å². The predicted molar refractivity (Wildman–Crippen MR) is 72.9 cm³/mol. The number of hydrogen-bond acceptors (Lipinski definition) is 3. The molecule has 0 heterocycles. The van der Waals surface area contributed by atoms with E-state index in [1.807, 2.05) is 12.1 Å². The molecule has 0 aliphatic heterocycles. The molecule has 1 aliphatic rings. The first kappa shape index (κ1) is 13.2. The van der Waals surface area contributed by atoms with Crippen LogP contribution < -0.4 is 10.1 Å². The van der Waals surface area contributed by atoms with Crippen molar-refractivity contribution in [2.24, 2.45) is 5.92 Å². The Morgan fingerprint density at radius 2 is 2.06 bits per heavy atom. The van der Waals surface area contributed by atoms with Gasteiger partial charge in [0, 0.05) is 18.2 Å². The number of phenolic OH excluding ortho intramolecular Hbond substituents is 1. The van der Waals surface area contributed by atoms with Crippen LogP contribution >= 0.6 is 0 Å². The van der Waals surface area contributed by atoms with Gasteiger partial charge in [0.15, 0.2) is 0 Å². The van der Waals surface area contributed by atoms with E-state index in [9.17, 15) is 5.11 Å². The minimum absolute atomic E-state index is 0.311. The summed E-state index contributed by atoms with van der Waals surface area (Å²) in [5.74, 6) is 1.83. The maximum Gasteiger partial charge on any atom is 0.123 e. The van der Waals surface area contributed by atoms with Crippen LogP contribution in [-0.4, -0.2) is 18.8 Å². The highest BCUT2D eigenvalue weighted by atomic mass is 16.5. The fourth-order valence-corrected chi connectivity index (χ4v) is 2.62. The largest absolute Gasteiger partial charge is 0.507 e. The maximum atomic E-state index is 9.84. The van der Waals surface area contributed by atoms with Crippen LogP contribution in [0.2, 0.25) is 0 Å². The molecule has 3 nitrogen and oxygen atoms in total. The normalized spacial score (nSPS) is 16.7. The summed E-state index contributed by atoms with van der Waals surface area (Å²) in [6.45, 7) is 1.79. The van der Waals surface area contributed by atoms with Gasteiger partial charge in [0.2, 0.25) is 0 Å². The van der Waals surface area contributed by atoms with E-state index in [0.29, 0.717) is 11.5 Å². The molecule has 0 bridgehead atoms. The van der Waals surface area contributed by atoms with Gasteiger partial charge in [-0.25, -0.2) is 0 Å². The predicted octanol–water partition coefficient (Wildman–Crippen LogP) is 3.07. The highest BCUT2D eigenvalue weighted by molar-refractivity contribution is 5.39. The summed E-state index contributed by atoms with van der Waals surface area (Å²) < 4.78 is 5.07. The van der Waals surface area contributed by atoms with E-state index in [4.69, 9.17) is 4.74 Å². The topological polar surface area (TPSA) is 41.5 Å². The van der Waals surface area contributed by atoms with E-state index in [2.05, 4.69) is 5.32 Å². The lowest BCUT2D eigenvalue weighted by atomic mass is 9.89. The van der Waals surface area contributed by atoms with Crippen molar-refractivity contribution in [3.63, 3.8) is 0 Å². The molecule has 1 aromatic carbocycles. The van der Waals surface area contributed by atoms with Gasteiger partial charge in [0.25, 0.3) is 0 Å². The van der Waals surface area contributed by atoms with Gasteiger partial charge in [-0.2, -0.15) is 0 Å². The molecule has 0 spiro atoms. The first-order valence-corrected chi connectivity index (χ1v) is 6.86. The second kappa shape index (κ2) is 6.64. The monoisotopic (exact) mass is 249 g/mol. The smallest absolute Gasteiger partial charge is 0.123 e.